The average molecular weight is 339 g/mol. The molecular weight excluding hydrogens is 317 g/mol. The molecular formula is C16H22FN3O4. The van der Waals surface area contributed by atoms with Gasteiger partial charge in [0.2, 0.25) is 5.82 Å². The minimum atomic E-state index is -1.24. The molecule has 1 aromatic rings. The number of rotatable bonds is 5. The van der Waals surface area contributed by atoms with Gasteiger partial charge in [-0.25, -0.2) is 4.98 Å². The topological polar surface area (TPSA) is 81.6 Å². The molecule has 0 aliphatic carbocycles. The van der Waals surface area contributed by atoms with Gasteiger partial charge < -0.3 is 14.4 Å². The van der Waals surface area contributed by atoms with E-state index in [1.807, 2.05) is 0 Å². The number of carbonyl (C=O) groups excluding carboxylic acids is 2. The average Bonchev–Trinajstić information content (AvgIpc) is 2.95. The fourth-order valence-corrected chi connectivity index (χ4v) is 2.67. The highest BCUT2D eigenvalue weighted by molar-refractivity contribution is 5.87. The van der Waals surface area contributed by atoms with Gasteiger partial charge in [0, 0.05) is 19.9 Å². The standard InChI is InChI=1S/C16H22FN3O4/c1-5-12-13(17)14(19-9-18-12)23-11-6-7-20(8-11)15(22)16(3,4)24-10(2)21/h9,11H,5-8H2,1-4H3/t11-/m0/s1. The van der Waals surface area contributed by atoms with Gasteiger partial charge in [-0.3, -0.25) is 9.59 Å². The van der Waals surface area contributed by atoms with Crippen LogP contribution in [0.4, 0.5) is 4.39 Å². The van der Waals surface area contributed by atoms with Crippen LogP contribution >= 0.6 is 0 Å². The third-order valence-electron chi connectivity index (χ3n) is 3.79. The van der Waals surface area contributed by atoms with Gasteiger partial charge in [0.15, 0.2) is 5.60 Å². The fraction of sp³-hybridized carbons (Fsp3) is 0.625. The van der Waals surface area contributed by atoms with E-state index in [1.165, 1.54) is 13.3 Å². The summed E-state index contributed by atoms with van der Waals surface area (Å²) in [6.45, 7) is 6.87. The summed E-state index contributed by atoms with van der Waals surface area (Å²) in [5, 5.41) is 0. The van der Waals surface area contributed by atoms with E-state index in [0.717, 1.165) is 0 Å². The van der Waals surface area contributed by atoms with E-state index in [2.05, 4.69) is 9.97 Å². The SMILES string of the molecule is CCc1ncnc(O[C@H]2CCN(C(=O)C(C)(C)OC(C)=O)C2)c1F. The van der Waals surface area contributed by atoms with E-state index < -0.39 is 17.4 Å². The van der Waals surface area contributed by atoms with Gasteiger partial charge in [-0.1, -0.05) is 6.92 Å². The Labute approximate surface area is 140 Å². The predicted octanol–water partition coefficient (Wildman–Crippen LogP) is 1.50. The smallest absolute Gasteiger partial charge is 0.303 e. The van der Waals surface area contributed by atoms with Crippen molar-refractivity contribution >= 4 is 11.9 Å². The van der Waals surface area contributed by atoms with Crippen LogP contribution in [0.1, 0.15) is 39.8 Å². The lowest BCUT2D eigenvalue weighted by atomic mass is 10.1. The van der Waals surface area contributed by atoms with Gasteiger partial charge in [-0.05, 0) is 20.3 Å². The van der Waals surface area contributed by atoms with Crippen molar-refractivity contribution in [2.45, 2.75) is 52.2 Å². The Morgan fingerprint density at radius 3 is 2.75 bits per heavy atom. The highest BCUT2D eigenvalue weighted by Crippen LogP contribution is 2.23. The van der Waals surface area contributed by atoms with Crippen LogP contribution in [0.5, 0.6) is 5.88 Å². The Hall–Kier alpha value is -2.25. The van der Waals surface area contributed by atoms with Crippen molar-refractivity contribution in [3.63, 3.8) is 0 Å². The Morgan fingerprint density at radius 2 is 2.12 bits per heavy atom. The van der Waals surface area contributed by atoms with Gasteiger partial charge in [0.05, 0.1) is 12.2 Å². The van der Waals surface area contributed by atoms with Crippen molar-refractivity contribution in [1.82, 2.24) is 14.9 Å². The molecule has 0 saturated carbocycles. The van der Waals surface area contributed by atoms with Gasteiger partial charge in [0.25, 0.3) is 11.8 Å². The van der Waals surface area contributed by atoms with Crippen molar-refractivity contribution in [3.8, 4) is 5.88 Å². The molecule has 0 unspecified atom stereocenters. The monoisotopic (exact) mass is 339 g/mol. The van der Waals surface area contributed by atoms with Gasteiger partial charge in [0.1, 0.15) is 12.4 Å². The lowest BCUT2D eigenvalue weighted by Crippen LogP contribution is -2.47. The zero-order valence-electron chi connectivity index (χ0n) is 14.3. The van der Waals surface area contributed by atoms with E-state index >= 15 is 0 Å². The largest absolute Gasteiger partial charge is 0.470 e. The number of carbonyl (C=O) groups is 2. The molecule has 1 atom stereocenters. The molecule has 0 N–H and O–H groups in total. The molecule has 0 bridgehead atoms. The van der Waals surface area contributed by atoms with Gasteiger partial charge in [-0.15, -0.1) is 0 Å². The van der Waals surface area contributed by atoms with Crippen LogP contribution in [0.25, 0.3) is 0 Å². The number of aromatic nitrogens is 2. The second-order valence-electron chi connectivity index (χ2n) is 6.18. The van der Waals surface area contributed by atoms with Gasteiger partial charge >= 0.3 is 5.97 Å². The molecule has 132 valence electrons. The van der Waals surface area contributed by atoms with Crippen molar-refractivity contribution in [1.29, 1.82) is 0 Å². The molecule has 0 aromatic carbocycles. The molecule has 2 heterocycles. The fourth-order valence-electron chi connectivity index (χ4n) is 2.67. The summed E-state index contributed by atoms with van der Waals surface area (Å²) in [4.78, 5) is 32.8. The zero-order valence-corrected chi connectivity index (χ0v) is 14.3. The zero-order chi connectivity index (χ0) is 17.9. The molecule has 1 aliphatic rings. The lowest BCUT2D eigenvalue weighted by molar-refractivity contribution is -0.168. The van der Waals surface area contributed by atoms with E-state index in [1.54, 1.807) is 25.7 Å². The van der Waals surface area contributed by atoms with Crippen LogP contribution in [0.2, 0.25) is 0 Å². The highest BCUT2D eigenvalue weighted by Gasteiger charge is 2.39. The van der Waals surface area contributed by atoms with Crippen molar-refractivity contribution in [2.24, 2.45) is 0 Å². The molecule has 0 radical (unpaired) electrons. The van der Waals surface area contributed by atoms with E-state index in [0.29, 0.717) is 25.1 Å². The Balaban J connectivity index is 2.01. The number of esters is 1. The summed E-state index contributed by atoms with van der Waals surface area (Å²) in [6, 6.07) is 0. The van der Waals surface area contributed by atoms with Crippen LogP contribution in [-0.4, -0.2) is 51.5 Å². The number of amides is 1. The van der Waals surface area contributed by atoms with E-state index in [4.69, 9.17) is 9.47 Å². The maximum Gasteiger partial charge on any atom is 0.303 e. The number of hydrogen-bond donors (Lipinski definition) is 0. The molecule has 2 rings (SSSR count). The first kappa shape index (κ1) is 18.1. The van der Waals surface area contributed by atoms with Crippen LogP contribution in [0.3, 0.4) is 0 Å². The highest BCUT2D eigenvalue weighted by atomic mass is 19.1. The molecule has 1 aromatic heterocycles. The first-order valence-electron chi connectivity index (χ1n) is 7.89. The molecule has 1 amide bonds. The maximum atomic E-state index is 14.1. The minimum absolute atomic E-state index is 0.0969. The molecule has 24 heavy (non-hydrogen) atoms. The van der Waals surface area contributed by atoms with Gasteiger partial charge in [-0.2, -0.15) is 9.37 Å². The number of hydrogen-bond acceptors (Lipinski definition) is 6. The summed E-state index contributed by atoms with van der Waals surface area (Å²) < 4.78 is 24.8. The summed E-state index contributed by atoms with van der Waals surface area (Å²) in [5.41, 5.74) is -0.946. The minimum Gasteiger partial charge on any atom is -0.470 e. The number of halogens is 1. The summed E-state index contributed by atoms with van der Waals surface area (Å²) >= 11 is 0. The Morgan fingerprint density at radius 1 is 1.42 bits per heavy atom. The third kappa shape index (κ3) is 3.98. The second kappa shape index (κ2) is 7.11. The Kier molecular flexibility index (Phi) is 5.36. The predicted molar refractivity (Wildman–Crippen MR) is 82.8 cm³/mol. The Bertz CT molecular complexity index is 636. The summed E-state index contributed by atoms with van der Waals surface area (Å²) in [6.07, 6.45) is 1.89. The quantitative estimate of drug-likeness (QED) is 0.756. The van der Waals surface area contributed by atoms with Crippen LogP contribution in [0, 0.1) is 5.82 Å². The number of likely N-dealkylation sites (tertiary alicyclic amines) is 1. The molecule has 1 fully saturated rings. The van der Waals surface area contributed by atoms with E-state index in [9.17, 15) is 14.0 Å². The van der Waals surface area contributed by atoms with Crippen LogP contribution in [0.15, 0.2) is 6.33 Å². The van der Waals surface area contributed by atoms with Crippen molar-refractivity contribution in [3.05, 3.63) is 17.8 Å². The summed E-state index contributed by atoms with van der Waals surface area (Å²) in [5.74, 6) is -1.48. The maximum absolute atomic E-state index is 14.1. The number of aryl methyl sites for hydroxylation is 1. The molecule has 1 aliphatic heterocycles. The second-order valence-corrected chi connectivity index (χ2v) is 6.18. The molecule has 7 nitrogen and oxygen atoms in total. The van der Waals surface area contributed by atoms with Crippen LogP contribution < -0.4 is 4.74 Å². The van der Waals surface area contributed by atoms with Crippen molar-refractivity contribution < 1.29 is 23.5 Å². The lowest BCUT2D eigenvalue weighted by Gasteiger charge is -2.28. The third-order valence-corrected chi connectivity index (χ3v) is 3.79. The van der Waals surface area contributed by atoms with E-state index in [-0.39, 0.29) is 24.4 Å². The first-order valence-corrected chi connectivity index (χ1v) is 7.89. The number of nitrogens with zero attached hydrogens (tertiary/aromatic N) is 3. The molecule has 0 spiro atoms. The van der Waals surface area contributed by atoms with Crippen molar-refractivity contribution in [2.75, 3.05) is 13.1 Å². The molecule has 1 saturated heterocycles. The number of ether oxygens (including phenoxy) is 2. The summed E-state index contributed by atoms with van der Waals surface area (Å²) in [7, 11) is 0. The normalized spacial score (nSPS) is 17.7. The van der Waals surface area contributed by atoms with Crippen LogP contribution in [-0.2, 0) is 20.7 Å². The first-order chi connectivity index (χ1) is 11.2. The molecule has 8 heteroatoms.